The summed E-state index contributed by atoms with van der Waals surface area (Å²) in [5.41, 5.74) is 2.21. The van der Waals surface area contributed by atoms with Crippen molar-refractivity contribution in [2.24, 2.45) is 5.92 Å². The van der Waals surface area contributed by atoms with Crippen molar-refractivity contribution in [2.45, 2.75) is 19.6 Å². The van der Waals surface area contributed by atoms with E-state index in [4.69, 9.17) is 27.9 Å². The molecule has 0 spiro atoms. The Kier molecular flexibility index (Phi) is 5.03. The molecule has 2 heterocycles. The lowest BCUT2D eigenvalue weighted by atomic mass is 9.95. The number of hydrogen-bond donors (Lipinski definition) is 1. The van der Waals surface area contributed by atoms with E-state index in [-0.39, 0.29) is 12.0 Å². The number of aryl methyl sites for hydroxylation is 1. The largest absolute Gasteiger partial charge is 0.372 e. The summed E-state index contributed by atoms with van der Waals surface area (Å²) in [5.74, 6) is 0.276. The van der Waals surface area contributed by atoms with E-state index in [0.29, 0.717) is 16.7 Å². The molecular weight excluding hydrogens is 321 g/mol. The van der Waals surface area contributed by atoms with Gasteiger partial charge in [0.1, 0.15) is 0 Å². The van der Waals surface area contributed by atoms with Crippen LogP contribution in [0.5, 0.6) is 0 Å². The van der Waals surface area contributed by atoms with E-state index < -0.39 is 0 Å². The molecule has 1 N–H and O–H groups in total. The highest BCUT2D eigenvalue weighted by molar-refractivity contribution is 6.42. The van der Waals surface area contributed by atoms with Gasteiger partial charge >= 0.3 is 0 Å². The van der Waals surface area contributed by atoms with Crippen LogP contribution in [0.15, 0.2) is 30.5 Å². The van der Waals surface area contributed by atoms with Crippen molar-refractivity contribution in [3.05, 3.63) is 51.8 Å². The lowest BCUT2D eigenvalue weighted by molar-refractivity contribution is 0.0241. The Hall–Kier alpha value is -1.07. The van der Waals surface area contributed by atoms with E-state index in [1.165, 1.54) is 0 Å². The van der Waals surface area contributed by atoms with Crippen LogP contribution in [-0.2, 0) is 11.3 Å². The van der Waals surface area contributed by atoms with E-state index in [2.05, 4.69) is 17.3 Å². The molecule has 1 aromatic heterocycles. The molecule has 4 nitrogen and oxygen atoms in total. The zero-order valence-electron chi connectivity index (χ0n) is 12.4. The zero-order valence-corrected chi connectivity index (χ0v) is 13.9. The van der Waals surface area contributed by atoms with Gasteiger partial charge in [-0.15, -0.1) is 0 Å². The molecule has 1 aliphatic heterocycles. The van der Waals surface area contributed by atoms with Gasteiger partial charge < -0.3 is 10.1 Å². The molecular formula is C16H19Cl2N3O. The van der Waals surface area contributed by atoms with Crippen LogP contribution in [0, 0.1) is 12.8 Å². The minimum atomic E-state index is -0.0200. The fourth-order valence-corrected chi connectivity index (χ4v) is 3.13. The van der Waals surface area contributed by atoms with Gasteiger partial charge in [0, 0.05) is 37.4 Å². The molecule has 22 heavy (non-hydrogen) atoms. The van der Waals surface area contributed by atoms with E-state index in [1.54, 1.807) is 0 Å². The van der Waals surface area contributed by atoms with E-state index in [1.807, 2.05) is 35.1 Å². The minimum Gasteiger partial charge on any atom is -0.372 e. The number of halogens is 2. The van der Waals surface area contributed by atoms with E-state index in [0.717, 1.165) is 30.9 Å². The molecule has 0 aliphatic carbocycles. The van der Waals surface area contributed by atoms with Gasteiger partial charge in [0.2, 0.25) is 0 Å². The van der Waals surface area contributed by atoms with Crippen LogP contribution in [0.25, 0.3) is 0 Å². The van der Waals surface area contributed by atoms with Crippen molar-refractivity contribution in [1.82, 2.24) is 15.1 Å². The maximum Gasteiger partial charge on any atom is 0.0884 e. The topological polar surface area (TPSA) is 39.1 Å². The molecule has 1 saturated heterocycles. The zero-order chi connectivity index (χ0) is 15.5. The lowest BCUT2D eigenvalue weighted by Gasteiger charge is -2.26. The standard InChI is InChI=1S/C16H19Cl2N3O/c1-11-4-5-20-21(11)10-13-9-19-6-7-22-16(13)12-2-3-14(17)15(18)8-12/h2-5,8,13,16,19H,6-7,9-10H2,1H3/t13-,16-/m0/s1. The number of ether oxygens (including phenoxy) is 1. The Bertz CT molecular complexity index is 644. The van der Waals surface area contributed by atoms with Crippen molar-refractivity contribution in [3.8, 4) is 0 Å². The van der Waals surface area contributed by atoms with Crippen LogP contribution >= 0.6 is 23.2 Å². The molecule has 0 saturated carbocycles. The van der Waals surface area contributed by atoms with Gasteiger partial charge in [0.25, 0.3) is 0 Å². The number of benzene rings is 1. The van der Waals surface area contributed by atoms with Crippen LogP contribution in [0.3, 0.4) is 0 Å². The van der Waals surface area contributed by atoms with Crippen molar-refractivity contribution >= 4 is 23.2 Å². The quantitative estimate of drug-likeness (QED) is 0.930. The maximum atomic E-state index is 6.17. The number of aromatic nitrogens is 2. The fraction of sp³-hybridized carbons (Fsp3) is 0.438. The highest BCUT2D eigenvalue weighted by Crippen LogP contribution is 2.32. The third-order valence-corrected chi connectivity index (χ3v) is 4.76. The normalized spacial score (nSPS) is 22.5. The number of hydrogen-bond acceptors (Lipinski definition) is 3. The third-order valence-electron chi connectivity index (χ3n) is 4.02. The number of nitrogens with zero attached hydrogens (tertiary/aromatic N) is 2. The fourth-order valence-electron chi connectivity index (χ4n) is 2.82. The Morgan fingerprint density at radius 1 is 1.32 bits per heavy atom. The molecule has 0 amide bonds. The molecule has 1 fully saturated rings. The second kappa shape index (κ2) is 7.01. The predicted octanol–water partition coefficient (Wildman–Crippen LogP) is 3.48. The summed E-state index contributed by atoms with van der Waals surface area (Å²) in [6.45, 7) is 5.28. The SMILES string of the molecule is Cc1ccnn1C[C@@H]1CNCCO[C@H]1c1ccc(Cl)c(Cl)c1. The Morgan fingerprint density at radius 2 is 2.18 bits per heavy atom. The van der Waals surface area contributed by atoms with Crippen LogP contribution in [0.4, 0.5) is 0 Å². The van der Waals surface area contributed by atoms with Crippen LogP contribution in [0.2, 0.25) is 10.0 Å². The molecule has 2 aromatic rings. The first-order chi connectivity index (χ1) is 10.6. The molecule has 0 bridgehead atoms. The first-order valence-electron chi connectivity index (χ1n) is 7.41. The van der Waals surface area contributed by atoms with Gasteiger partial charge in [0.15, 0.2) is 0 Å². The molecule has 0 unspecified atom stereocenters. The Labute approximate surface area is 140 Å². The molecule has 1 aromatic carbocycles. The Morgan fingerprint density at radius 3 is 2.91 bits per heavy atom. The summed E-state index contributed by atoms with van der Waals surface area (Å²) in [7, 11) is 0. The first kappa shape index (κ1) is 15.8. The average Bonchev–Trinajstić information content (AvgIpc) is 2.76. The molecule has 1 aliphatic rings. The number of rotatable bonds is 3. The highest BCUT2D eigenvalue weighted by atomic mass is 35.5. The summed E-state index contributed by atoms with van der Waals surface area (Å²) in [4.78, 5) is 0. The second-order valence-electron chi connectivity index (χ2n) is 5.58. The van der Waals surface area contributed by atoms with Crippen LogP contribution < -0.4 is 5.32 Å². The molecule has 3 rings (SSSR count). The van der Waals surface area contributed by atoms with Gasteiger partial charge in [-0.1, -0.05) is 29.3 Å². The van der Waals surface area contributed by atoms with Gasteiger partial charge in [-0.3, -0.25) is 4.68 Å². The van der Waals surface area contributed by atoms with Crippen LogP contribution in [-0.4, -0.2) is 29.5 Å². The van der Waals surface area contributed by atoms with Gasteiger partial charge in [-0.05, 0) is 30.7 Å². The molecule has 118 valence electrons. The first-order valence-corrected chi connectivity index (χ1v) is 8.16. The lowest BCUT2D eigenvalue weighted by Crippen LogP contribution is -2.29. The summed E-state index contributed by atoms with van der Waals surface area (Å²) < 4.78 is 8.10. The van der Waals surface area contributed by atoms with Crippen molar-refractivity contribution < 1.29 is 4.74 Å². The van der Waals surface area contributed by atoms with Crippen molar-refractivity contribution in [1.29, 1.82) is 0 Å². The molecule has 2 atom stereocenters. The highest BCUT2D eigenvalue weighted by Gasteiger charge is 2.27. The van der Waals surface area contributed by atoms with Crippen molar-refractivity contribution in [3.63, 3.8) is 0 Å². The summed E-state index contributed by atoms with van der Waals surface area (Å²) in [6, 6.07) is 7.74. The molecule has 0 radical (unpaired) electrons. The van der Waals surface area contributed by atoms with Gasteiger partial charge in [-0.2, -0.15) is 5.10 Å². The monoisotopic (exact) mass is 339 g/mol. The summed E-state index contributed by atoms with van der Waals surface area (Å²) in [5, 5.41) is 8.95. The van der Waals surface area contributed by atoms with Crippen molar-refractivity contribution in [2.75, 3.05) is 19.7 Å². The minimum absolute atomic E-state index is 0.0200. The summed E-state index contributed by atoms with van der Waals surface area (Å²) >= 11 is 12.2. The van der Waals surface area contributed by atoms with Gasteiger partial charge in [-0.25, -0.2) is 0 Å². The van der Waals surface area contributed by atoms with E-state index >= 15 is 0 Å². The predicted molar refractivity (Wildman–Crippen MR) is 88.5 cm³/mol. The Balaban J connectivity index is 1.87. The smallest absolute Gasteiger partial charge is 0.0884 e. The number of nitrogens with one attached hydrogen (secondary N) is 1. The second-order valence-corrected chi connectivity index (χ2v) is 6.40. The third kappa shape index (κ3) is 3.46. The average molecular weight is 340 g/mol. The molecule has 6 heteroatoms. The summed E-state index contributed by atoms with van der Waals surface area (Å²) in [6.07, 6.45) is 1.81. The van der Waals surface area contributed by atoms with E-state index in [9.17, 15) is 0 Å². The van der Waals surface area contributed by atoms with Gasteiger partial charge in [0.05, 0.1) is 22.8 Å². The maximum absolute atomic E-state index is 6.17. The van der Waals surface area contributed by atoms with Crippen LogP contribution in [0.1, 0.15) is 17.4 Å².